The van der Waals surface area contributed by atoms with Gasteiger partial charge in [0, 0.05) is 30.7 Å². The zero-order valence-corrected chi connectivity index (χ0v) is 18.6. The maximum Gasteiger partial charge on any atom is 0.270 e. The Kier molecular flexibility index (Phi) is 6.62. The molecule has 3 aromatic rings. The zero-order chi connectivity index (χ0) is 22.9. The second-order valence-electron chi connectivity index (χ2n) is 7.09. The summed E-state index contributed by atoms with van der Waals surface area (Å²) >= 11 is 12.2. The molecule has 0 bridgehead atoms. The Bertz CT molecular complexity index is 1240. The van der Waals surface area contributed by atoms with E-state index in [9.17, 15) is 19.7 Å². The van der Waals surface area contributed by atoms with Gasteiger partial charge < -0.3 is 4.90 Å². The van der Waals surface area contributed by atoms with E-state index in [0.29, 0.717) is 34.7 Å². The zero-order valence-electron chi connectivity index (χ0n) is 17.1. The van der Waals surface area contributed by atoms with Crippen LogP contribution in [-0.2, 0) is 7.05 Å². The minimum Gasteiger partial charge on any atom is -0.329 e. The highest BCUT2D eigenvalue weighted by Crippen LogP contribution is 2.28. The third kappa shape index (κ3) is 4.40. The lowest BCUT2D eigenvalue weighted by Gasteiger charge is -2.30. The normalized spacial score (nSPS) is 12.0. The van der Waals surface area contributed by atoms with Gasteiger partial charge in [-0.1, -0.05) is 30.1 Å². The molecule has 0 N–H and O–H groups in total. The Labute approximate surface area is 188 Å². The third-order valence-electron chi connectivity index (χ3n) is 5.03. The van der Waals surface area contributed by atoms with Gasteiger partial charge in [0.05, 0.1) is 32.5 Å². The molecule has 0 aliphatic heterocycles. The van der Waals surface area contributed by atoms with Gasteiger partial charge in [-0.25, -0.2) is 4.98 Å². The van der Waals surface area contributed by atoms with Crippen molar-refractivity contribution in [3.63, 3.8) is 0 Å². The maximum absolute atomic E-state index is 13.3. The minimum atomic E-state index is -0.577. The fourth-order valence-corrected chi connectivity index (χ4v) is 3.85. The summed E-state index contributed by atoms with van der Waals surface area (Å²) in [4.78, 5) is 42.7. The number of hydrogen-bond acceptors (Lipinski definition) is 5. The predicted molar refractivity (Wildman–Crippen MR) is 120 cm³/mol. The lowest BCUT2D eigenvalue weighted by molar-refractivity contribution is -0.384. The molecule has 0 saturated carbocycles. The van der Waals surface area contributed by atoms with Gasteiger partial charge in [0.2, 0.25) is 0 Å². The minimum absolute atomic E-state index is 0.0142. The molecule has 31 heavy (non-hydrogen) atoms. The first-order valence-electron chi connectivity index (χ1n) is 9.56. The van der Waals surface area contributed by atoms with Crippen LogP contribution in [0.4, 0.5) is 5.69 Å². The molecule has 162 valence electrons. The van der Waals surface area contributed by atoms with E-state index in [0.717, 1.165) is 6.07 Å². The van der Waals surface area contributed by atoms with Crippen molar-refractivity contribution in [2.75, 3.05) is 6.54 Å². The number of non-ortho nitro benzene ring substituents is 1. The first kappa shape index (κ1) is 22.7. The lowest BCUT2D eigenvalue weighted by atomic mass is 10.1. The Morgan fingerprint density at radius 1 is 1.26 bits per heavy atom. The summed E-state index contributed by atoms with van der Waals surface area (Å²) in [6.07, 6.45) is 0.647. The van der Waals surface area contributed by atoms with E-state index < -0.39 is 16.9 Å². The van der Waals surface area contributed by atoms with Crippen molar-refractivity contribution in [3.8, 4) is 0 Å². The number of benzene rings is 2. The third-order valence-corrected chi connectivity index (χ3v) is 5.58. The SMILES string of the molecule is CCCN(C(=O)c1ccc([N+](=O)[O-])cc1Cl)C(C)c1nc2cc(Cl)ccc2c(=O)n1C. The Hall–Kier alpha value is -2.97. The van der Waals surface area contributed by atoms with Crippen LogP contribution in [0.1, 0.15) is 42.5 Å². The summed E-state index contributed by atoms with van der Waals surface area (Å²) in [6, 6.07) is 8.00. The first-order chi connectivity index (χ1) is 14.6. The summed E-state index contributed by atoms with van der Waals surface area (Å²) in [7, 11) is 1.60. The van der Waals surface area contributed by atoms with Crippen LogP contribution in [0.2, 0.25) is 10.0 Å². The number of nitrogens with zero attached hydrogens (tertiary/aromatic N) is 4. The Balaban J connectivity index is 2.07. The highest BCUT2D eigenvalue weighted by Gasteiger charge is 2.27. The molecule has 1 atom stereocenters. The van der Waals surface area contributed by atoms with Crippen LogP contribution in [0.25, 0.3) is 10.9 Å². The van der Waals surface area contributed by atoms with Crippen LogP contribution in [0, 0.1) is 10.1 Å². The van der Waals surface area contributed by atoms with Crippen molar-refractivity contribution in [1.29, 1.82) is 0 Å². The van der Waals surface area contributed by atoms with Crippen LogP contribution in [0.3, 0.4) is 0 Å². The van der Waals surface area contributed by atoms with E-state index in [1.54, 1.807) is 37.1 Å². The lowest BCUT2D eigenvalue weighted by Crippen LogP contribution is -2.37. The number of hydrogen-bond donors (Lipinski definition) is 0. The smallest absolute Gasteiger partial charge is 0.270 e. The molecule has 1 heterocycles. The molecule has 0 radical (unpaired) electrons. The second-order valence-corrected chi connectivity index (χ2v) is 7.94. The van der Waals surface area contributed by atoms with Crippen molar-refractivity contribution >= 4 is 45.7 Å². The van der Waals surface area contributed by atoms with Crippen molar-refractivity contribution < 1.29 is 9.72 Å². The molecule has 1 amide bonds. The monoisotopic (exact) mass is 462 g/mol. The summed E-state index contributed by atoms with van der Waals surface area (Å²) in [6.45, 7) is 4.05. The molecule has 8 nitrogen and oxygen atoms in total. The maximum atomic E-state index is 13.3. The average Bonchev–Trinajstić information content (AvgIpc) is 2.73. The van der Waals surface area contributed by atoms with E-state index in [2.05, 4.69) is 4.98 Å². The van der Waals surface area contributed by atoms with Crippen molar-refractivity contribution in [2.45, 2.75) is 26.3 Å². The topological polar surface area (TPSA) is 98.3 Å². The molecule has 10 heteroatoms. The molecule has 2 aromatic carbocycles. The molecule has 0 aliphatic carbocycles. The van der Waals surface area contributed by atoms with E-state index >= 15 is 0 Å². The van der Waals surface area contributed by atoms with Gasteiger partial charge >= 0.3 is 0 Å². The molecular formula is C21H20Cl2N4O4. The Morgan fingerprint density at radius 3 is 2.58 bits per heavy atom. The summed E-state index contributed by atoms with van der Waals surface area (Å²) in [5.74, 6) is -0.0192. The number of carbonyl (C=O) groups excluding carboxylic acids is 1. The number of halogens is 2. The predicted octanol–water partition coefficient (Wildman–Crippen LogP) is 4.76. The highest BCUT2D eigenvalue weighted by atomic mass is 35.5. The number of nitro benzene ring substituents is 1. The number of amides is 1. The summed E-state index contributed by atoms with van der Waals surface area (Å²) in [5.41, 5.74) is 0.129. The molecule has 1 unspecified atom stereocenters. The average molecular weight is 463 g/mol. The molecule has 3 rings (SSSR count). The quantitative estimate of drug-likeness (QED) is 0.388. The van der Waals surface area contributed by atoms with Crippen LogP contribution in [-0.4, -0.2) is 31.8 Å². The van der Waals surface area contributed by atoms with E-state index in [-0.39, 0.29) is 21.8 Å². The van der Waals surface area contributed by atoms with Gasteiger partial charge in [-0.3, -0.25) is 24.3 Å². The number of nitro groups is 1. The van der Waals surface area contributed by atoms with E-state index in [4.69, 9.17) is 23.2 Å². The Morgan fingerprint density at radius 2 is 1.97 bits per heavy atom. The van der Waals surface area contributed by atoms with Gasteiger partial charge in [0.25, 0.3) is 17.2 Å². The van der Waals surface area contributed by atoms with Gasteiger partial charge in [-0.15, -0.1) is 0 Å². The number of fused-ring (bicyclic) bond motifs is 1. The van der Waals surface area contributed by atoms with Crippen LogP contribution >= 0.6 is 23.2 Å². The molecule has 0 saturated heterocycles. The highest BCUT2D eigenvalue weighted by molar-refractivity contribution is 6.34. The van der Waals surface area contributed by atoms with Gasteiger partial charge in [0.15, 0.2) is 0 Å². The van der Waals surface area contributed by atoms with E-state index in [1.165, 1.54) is 16.7 Å². The molecule has 0 aliphatic rings. The summed E-state index contributed by atoms with van der Waals surface area (Å²) in [5, 5.41) is 11.8. The fraction of sp³-hybridized carbons (Fsp3) is 0.286. The molecule has 1 aromatic heterocycles. The van der Waals surface area contributed by atoms with Crippen LogP contribution in [0.5, 0.6) is 0 Å². The second kappa shape index (κ2) is 9.03. The first-order valence-corrected chi connectivity index (χ1v) is 10.3. The fourth-order valence-electron chi connectivity index (χ4n) is 3.43. The largest absolute Gasteiger partial charge is 0.329 e. The number of rotatable bonds is 6. The van der Waals surface area contributed by atoms with Crippen molar-refractivity contribution in [1.82, 2.24) is 14.5 Å². The summed E-state index contributed by atoms with van der Waals surface area (Å²) < 4.78 is 1.41. The van der Waals surface area contributed by atoms with Crippen molar-refractivity contribution in [3.05, 3.63) is 78.3 Å². The number of aromatic nitrogens is 2. The molecule has 0 fully saturated rings. The number of carbonyl (C=O) groups is 1. The molecule has 0 spiro atoms. The van der Waals surface area contributed by atoms with Gasteiger partial charge in [0.1, 0.15) is 5.82 Å². The van der Waals surface area contributed by atoms with E-state index in [1.807, 2.05) is 6.92 Å². The van der Waals surface area contributed by atoms with Crippen molar-refractivity contribution in [2.24, 2.45) is 7.05 Å². The molecular weight excluding hydrogens is 443 g/mol. The van der Waals surface area contributed by atoms with Gasteiger partial charge in [-0.2, -0.15) is 0 Å². The van der Waals surface area contributed by atoms with Crippen LogP contribution in [0.15, 0.2) is 41.2 Å². The van der Waals surface area contributed by atoms with Crippen LogP contribution < -0.4 is 5.56 Å². The standard InChI is InChI=1S/C21H20Cl2N4O4/c1-4-9-26(21(29)15-8-6-14(27(30)31)11-17(15)23)12(2)19-24-18-10-13(22)5-7-16(18)20(28)25(19)3/h5-8,10-12H,4,9H2,1-3H3. The van der Waals surface area contributed by atoms with Gasteiger partial charge in [-0.05, 0) is 37.6 Å².